The van der Waals surface area contributed by atoms with Crippen LogP contribution >= 0.6 is 0 Å². The molecule has 2 N–H and O–H groups in total. The molecule has 0 aliphatic heterocycles. The van der Waals surface area contributed by atoms with Crippen molar-refractivity contribution in [3.8, 4) is 0 Å². The maximum absolute atomic E-state index is 11.3. The molecule has 3 nitrogen and oxygen atoms in total. The van der Waals surface area contributed by atoms with Crippen LogP contribution in [0.15, 0.2) is 54.7 Å². The molecule has 0 amide bonds. The van der Waals surface area contributed by atoms with Gasteiger partial charge in [-0.3, -0.25) is 4.79 Å². The number of rotatable bonds is 4. The Kier molecular flexibility index (Phi) is 3.48. The third-order valence-corrected chi connectivity index (χ3v) is 3.86. The van der Waals surface area contributed by atoms with Crippen LogP contribution in [0, 0.1) is 6.92 Å². The zero-order chi connectivity index (χ0) is 14.8. The van der Waals surface area contributed by atoms with E-state index in [0.717, 1.165) is 22.0 Å². The summed E-state index contributed by atoms with van der Waals surface area (Å²) in [4.78, 5) is 14.5. The first-order valence-electron chi connectivity index (χ1n) is 6.99. The van der Waals surface area contributed by atoms with Gasteiger partial charge in [-0.1, -0.05) is 48.0 Å². The van der Waals surface area contributed by atoms with Crippen LogP contribution in [0.5, 0.6) is 0 Å². The molecule has 0 radical (unpaired) electrons. The molecular weight excluding hydrogens is 262 g/mol. The maximum Gasteiger partial charge on any atom is 0.304 e. The Labute approximate surface area is 123 Å². The van der Waals surface area contributed by atoms with Crippen LogP contribution in [0.4, 0.5) is 0 Å². The van der Waals surface area contributed by atoms with Gasteiger partial charge in [-0.05, 0) is 24.1 Å². The highest BCUT2D eigenvalue weighted by Crippen LogP contribution is 2.33. The fourth-order valence-electron chi connectivity index (χ4n) is 2.76. The molecule has 0 aliphatic rings. The molecule has 106 valence electrons. The highest BCUT2D eigenvalue weighted by atomic mass is 16.4. The molecule has 0 saturated heterocycles. The summed E-state index contributed by atoms with van der Waals surface area (Å²) >= 11 is 0. The van der Waals surface area contributed by atoms with Crippen molar-refractivity contribution in [2.75, 3.05) is 0 Å². The number of aliphatic carboxylic acids is 1. The number of nitrogens with one attached hydrogen (secondary N) is 1. The Bertz CT molecular complexity index is 771. The van der Waals surface area contributed by atoms with E-state index in [1.54, 1.807) is 0 Å². The van der Waals surface area contributed by atoms with Crippen LogP contribution in [0.2, 0.25) is 0 Å². The average molecular weight is 279 g/mol. The number of aryl methyl sites for hydroxylation is 1. The van der Waals surface area contributed by atoms with Crippen LogP contribution in [-0.4, -0.2) is 16.1 Å². The van der Waals surface area contributed by atoms with Crippen molar-refractivity contribution in [3.63, 3.8) is 0 Å². The van der Waals surface area contributed by atoms with Crippen LogP contribution in [-0.2, 0) is 4.79 Å². The molecule has 21 heavy (non-hydrogen) atoms. The minimum atomic E-state index is -0.786. The molecule has 1 atom stereocenters. The summed E-state index contributed by atoms with van der Waals surface area (Å²) < 4.78 is 0. The molecule has 2 aromatic carbocycles. The number of aromatic amines is 1. The van der Waals surface area contributed by atoms with Crippen molar-refractivity contribution in [2.45, 2.75) is 19.3 Å². The van der Waals surface area contributed by atoms with E-state index >= 15 is 0 Å². The van der Waals surface area contributed by atoms with Gasteiger partial charge in [0.15, 0.2) is 0 Å². The molecule has 3 heteroatoms. The zero-order valence-electron chi connectivity index (χ0n) is 11.8. The topological polar surface area (TPSA) is 53.1 Å². The maximum atomic E-state index is 11.3. The number of H-pyrrole nitrogens is 1. The predicted octanol–water partition coefficient (Wildman–Crippen LogP) is 4.08. The van der Waals surface area contributed by atoms with Crippen molar-refractivity contribution in [2.24, 2.45) is 0 Å². The zero-order valence-corrected chi connectivity index (χ0v) is 11.8. The Balaban J connectivity index is 2.11. The van der Waals surface area contributed by atoms with E-state index in [1.807, 2.05) is 61.7 Å². The lowest BCUT2D eigenvalue weighted by Gasteiger charge is -2.15. The molecule has 1 unspecified atom stereocenters. The molecule has 3 rings (SSSR count). The van der Waals surface area contributed by atoms with Gasteiger partial charge >= 0.3 is 5.97 Å². The molecule has 0 saturated carbocycles. The van der Waals surface area contributed by atoms with Crippen molar-refractivity contribution < 1.29 is 9.90 Å². The largest absolute Gasteiger partial charge is 0.481 e. The van der Waals surface area contributed by atoms with Crippen LogP contribution in [0.3, 0.4) is 0 Å². The van der Waals surface area contributed by atoms with Crippen molar-refractivity contribution >= 4 is 16.9 Å². The fourth-order valence-corrected chi connectivity index (χ4v) is 2.76. The lowest BCUT2D eigenvalue weighted by molar-refractivity contribution is -0.137. The molecule has 0 bridgehead atoms. The second kappa shape index (κ2) is 5.44. The molecule has 1 aromatic heterocycles. The minimum absolute atomic E-state index is 0.0882. The van der Waals surface area contributed by atoms with Gasteiger partial charge in [0.2, 0.25) is 0 Å². The van der Waals surface area contributed by atoms with Crippen LogP contribution in [0.25, 0.3) is 10.9 Å². The number of benzene rings is 2. The van der Waals surface area contributed by atoms with Gasteiger partial charge in [-0.15, -0.1) is 0 Å². The lowest BCUT2D eigenvalue weighted by Crippen LogP contribution is -2.07. The number of carboxylic acids is 1. The number of aromatic nitrogens is 1. The summed E-state index contributed by atoms with van der Waals surface area (Å²) in [5, 5.41) is 10.3. The Morgan fingerprint density at radius 3 is 2.57 bits per heavy atom. The highest BCUT2D eigenvalue weighted by Gasteiger charge is 2.20. The number of carboxylic acid groups (broad SMARTS) is 1. The highest BCUT2D eigenvalue weighted by molar-refractivity contribution is 5.85. The van der Waals surface area contributed by atoms with E-state index < -0.39 is 5.97 Å². The van der Waals surface area contributed by atoms with Crippen molar-refractivity contribution in [1.82, 2.24) is 4.98 Å². The summed E-state index contributed by atoms with van der Waals surface area (Å²) in [7, 11) is 0. The van der Waals surface area contributed by atoms with Gasteiger partial charge < -0.3 is 10.1 Å². The van der Waals surface area contributed by atoms with Gasteiger partial charge in [0.25, 0.3) is 0 Å². The number of fused-ring (bicyclic) bond motifs is 1. The first kappa shape index (κ1) is 13.4. The number of hydrogen-bond acceptors (Lipinski definition) is 1. The van der Waals surface area contributed by atoms with Crippen molar-refractivity contribution in [3.05, 3.63) is 71.4 Å². The van der Waals surface area contributed by atoms with E-state index in [9.17, 15) is 9.90 Å². The Morgan fingerprint density at radius 1 is 1.14 bits per heavy atom. The molecule has 0 aliphatic carbocycles. The third kappa shape index (κ3) is 2.68. The van der Waals surface area contributed by atoms with Crippen molar-refractivity contribution in [1.29, 1.82) is 0 Å². The molecule has 0 fully saturated rings. The second-order valence-corrected chi connectivity index (χ2v) is 5.35. The minimum Gasteiger partial charge on any atom is -0.481 e. The summed E-state index contributed by atoms with van der Waals surface area (Å²) in [6.07, 6.45) is 2.02. The van der Waals surface area contributed by atoms with Gasteiger partial charge in [0.05, 0.1) is 6.42 Å². The smallest absolute Gasteiger partial charge is 0.304 e. The molecule has 3 aromatic rings. The number of hydrogen-bond donors (Lipinski definition) is 2. The summed E-state index contributed by atoms with van der Waals surface area (Å²) in [5.41, 5.74) is 4.28. The number of para-hydroxylation sites is 1. The molecular formula is C18H17NO2. The van der Waals surface area contributed by atoms with Gasteiger partial charge in [-0.2, -0.15) is 0 Å². The Morgan fingerprint density at radius 2 is 1.86 bits per heavy atom. The van der Waals surface area contributed by atoms with E-state index in [2.05, 4.69) is 4.98 Å². The van der Waals surface area contributed by atoms with Gasteiger partial charge in [-0.25, -0.2) is 0 Å². The fraction of sp³-hybridized carbons (Fsp3) is 0.167. The summed E-state index contributed by atoms with van der Waals surface area (Å²) in [6.45, 7) is 2.03. The van der Waals surface area contributed by atoms with E-state index in [4.69, 9.17) is 0 Å². The van der Waals surface area contributed by atoms with Gasteiger partial charge in [0.1, 0.15) is 0 Å². The second-order valence-electron chi connectivity index (χ2n) is 5.35. The van der Waals surface area contributed by atoms with Gasteiger partial charge in [0, 0.05) is 23.0 Å². The standard InChI is InChI=1S/C18H17NO2/c1-12-6-8-13(9-7-12)15(10-18(20)21)16-11-19-17-5-3-2-4-14(16)17/h2-9,11,15,19H,10H2,1H3,(H,20,21). The van der Waals surface area contributed by atoms with Crippen LogP contribution in [0.1, 0.15) is 29.0 Å². The van der Waals surface area contributed by atoms with Crippen LogP contribution < -0.4 is 0 Å². The lowest BCUT2D eigenvalue weighted by atomic mass is 9.88. The number of carbonyl (C=O) groups is 1. The van der Waals surface area contributed by atoms with E-state index in [0.29, 0.717) is 0 Å². The predicted molar refractivity (Wildman–Crippen MR) is 83.6 cm³/mol. The Hall–Kier alpha value is -2.55. The normalized spacial score (nSPS) is 12.4. The third-order valence-electron chi connectivity index (χ3n) is 3.86. The first-order valence-corrected chi connectivity index (χ1v) is 6.99. The summed E-state index contributed by atoms with van der Waals surface area (Å²) in [6, 6.07) is 16.1. The SMILES string of the molecule is Cc1ccc(C(CC(=O)O)c2c[nH]c3ccccc23)cc1. The summed E-state index contributed by atoms with van der Waals surface area (Å²) in [5.74, 6) is -0.926. The average Bonchev–Trinajstić information content (AvgIpc) is 2.89. The molecule has 0 spiro atoms. The van der Waals surface area contributed by atoms with E-state index in [-0.39, 0.29) is 12.3 Å². The molecule has 1 heterocycles. The quantitative estimate of drug-likeness (QED) is 0.756. The van der Waals surface area contributed by atoms with E-state index in [1.165, 1.54) is 5.56 Å². The first-order chi connectivity index (χ1) is 10.1. The monoisotopic (exact) mass is 279 g/mol.